The molecule has 0 fully saturated rings. The van der Waals surface area contributed by atoms with Crippen LogP contribution in [-0.4, -0.2) is 45.6 Å². The number of rotatable bonds is 10. The minimum atomic E-state index is -4.01. The van der Waals surface area contributed by atoms with Gasteiger partial charge < -0.3 is 9.47 Å². The van der Waals surface area contributed by atoms with Crippen LogP contribution in [-0.2, 0) is 21.4 Å². The van der Waals surface area contributed by atoms with Crippen LogP contribution in [0.1, 0.15) is 11.1 Å². The lowest BCUT2D eigenvalue weighted by Gasteiger charge is -2.21. The Bertz CT molecular complexity index is 1250. The summed E-state index contributed by atoms with van der Waals surface area (Å²) in [6.45, 7) is -0.618. The number of ether oxygens (including phenoxy) is 2. The topological polar surface area (TPSA) is 97.3 Å². The smallest absolute Gasteiger partial charge is 0.255 e. The Hall–Kier alpha value is -3.76. The van der Waals surface area contributed by atoms with Gasteiger partial charge in [0.2, 0.25) is 10.0 Å². The van der Waals surface area contributed by atoms with Gasteiger partial charge in [-0.3, -0.25) is 4.79 Å². The molecule has 0 aliphatic rings. The highest BCUT2D eigenvalue weighted by molar-refractivity contribution is 7.89. The molecule has 0 aliphatic carbocycles. The number of nitrogens with zero attached hydrogens (tertiary/aromatic N) is 2. The Morgan fingerprint density at radius 2 is 1.74 bits per heavy atom. The molecule has 8 nitrogen and oxygen atoms in total. The van der Waals surface area contributed by atoms with E-state index in [1.807, 2.05) is 0 Å². The van der Waals surface area contributed by atoms with Gasteiger partial charge in [-0.25, -0.2) is 18.2 Å². The highest BCUT2D eigenvalue weighted by Gasteiger charge is 2.26. The van der Waals surface area contributed by atoms with E-state index >= 15 is 0 Å². The van der Waals surface area contributed by atoms with E-state index in [0.29, 0.717) is 22.6 Å². The molecule has 0 atom stereocenters. The van der Waals surface area contributed by atoms with E-state index in [1.165, 1.54) is 56.8 Å². The van der Waals surface area contributed by atoms with E-state index in [1.54, 1.807) is 36.4 Å². The molecular formula is C24H24FN3O5S. The predicted molar refractivity (Wildman–Crippen MR) is 126 cm³/mol. The second-order valence-electron chi connectivity index (χ2n) is 7.11. The number of carbonyl (C=O) groups excluding carboxylic acids is 1. The molecule has 34 heavy (non-hydrogen) atoms. The zero-order valence-electron chi connectivity index (χ0n) is 18.6. The molecule has 3 rings (SSSR count). The number of benzene rings is 3. The minimum Gasteiger partial charge on any atom is -0.497 e. The number of hydrogen-bond donors (Lipinski definition) is 1. The van der Waals surface area contributed by atoms with E-state index in [2.05, 4.69) is 10.5 Å². The summed E-state index contributed by atoms with van der Waals surface area (Å²) < 4.78 is 51.1. The second kappa shape index (κ2) is 11.4. The molecule has 0 spiro atoms. The first-order valence-electron chi connectivity index (χ1n) is 10.2. The van der Waals surface area contributed by atoms with Crippen LogP contribution in [0.25, 0.3) is 0 Å². The number of amides is 1. The normalized spacial score (nSPS) is 11.5. The molecule has 0 aliphatic heterocycles. The summed E-state index contributed by atoms with van der Waals surface area (Å²) in [5.41, 5.74) is 3.45. The largest absolute Gasteiger partial charge is 0.497 e. The molecule has 0 radical (unpaired) electrons. The molecule has 3 aromatic rings. The Morgan fingerprint density at radius 1 is 1.03 bits per heavy atom. The summed E-state index contributed by atoms with van der Waals surface area (Å²) in [6, 6.07) is 18.2. The van der Waals surface area contributed by atoms with Crippen LogP contribution in [0.4, 0.5) is 4.39 Å². The van der Waals surface area contributed by atoms with Crippen molar-refractivity contribution < 1.29 is 27.1 Å². The number of halogens is 1. The van der Waals surface area contributed by atoms with Gasteiger partial charge in [0.15, 0.2) is 0 Å². The Balaban J connectivity index is 1.77. The summed E-state index contributed by atoms with van der Waals surface area (Å²) in [5.74, 6) is -0.00451. The summed E-state index contributed by atoms with van der Waals surface area (Å²) >= 11 is 0. The van der Waals surface area contributed by atoms with Crippen LogP contribution >= 0.6 is 0 Å². The first kappa shape index (κ1) is 24.9. The first-order chi connectivity index (χ1) is 16.3. The number of hydrogen-bond acceptors (Lipinski definition) is 6. The van der Waals surface area contributed by atoms with E-state index in [4.69, 9.17) is 9.47 Å². The zero-order chi connectivity index (χ0) is 24.6. The Morgan fingerprint density at radius 3 is 2.38 bits per heavy atom. The van der Waals surface area contributed by atoms with Gasteiger partial charge >= 0.3 is 0 Å². The fourth-order valence-electron chi connectivity index (χ4n) is 3.06. The molecule has 1 N–H and O–H groups in total. The van der Waals surface area contributed by atoms with Crippen LogP contribution < -0.4 is 14.9 Å². The van der Waals surface area contributed by atoms with Gasteiger partial charge in [0.1, 0.15) is 17.3 Å². The maximum absolute atomic E-state index is 13.3. The van der Waals surface area contributed by atoms with Gasteiger partial charge in [0.05, 0.1) is 31.9 Å². The van der Waals surface area contributed by atoms with Gasteiger partial charge in [-0.05, 0) is 42.0 Å². The van der Waals surface area contributed by atoms with Crippen LogP contribution in [0.5, 0.6) is 11.5 Å². The highest BCUT2D eigenvalue weighted by Crippen LogP contribution is 2.23. The third-order valence-corrected chi connectivity index (χ3v) is 6.61. The summed E-state index contributed by atoms with van der Waals surface area (Å²) in [5, 5.41) is 3.92. The number of sulfonamides is 1. The maximum Gasteiger partial charge on any atom is 0.255 e. The molecule has 0 bridgehead atoms. The molecule has 178 valence electrons. The van der Waals surface area contributed by atoms with Crippen LogP contribution in [0.15, 0.2) is 82.8 Å². The van der Waals surface area contributed by atoms with Crippen molar-refractivity contribution in [1.29, 1.82) is 0 Å². The third kappa shape index (κ3) is 6.40. The number of nitrogens with one attached hydrogen (secondary N) is 1. The highest BCUT2D eigenvalue weighted by atomic mass is 32.2. The lowest BCUT2D eigenvalue weighted by atomic mass is 10.2. The average Bonchev–Trinajstić information content (AvgIpc) is 2.85. The van der Waals surface area contributed by atoms with E-state index in [9.17, 15) is 17.6 Å². The van der Waals surface area contributed by atoms with E-state index in [-0.39, 0.29) is 11.4 Å². The molecule has 0 saturated heterocycles. The summed E-state index contributed by atoms with van der Waals surface area (Å²) in [6.07, 6.45) is 1.38. The van der Waals surface area contributed by atoms with Gasteiger partial charge in [0.25, 0.3) is 5.91 Å². The summed E-state index contributed by atoms with van der Waals surface area (Å²) in [7, 11) is -0.983. The van der Waals surface area contributed by atoms with E-state index < -0.39 is 28.3 Å². The molecular weight excluding hydrogens is 461 g/mol. The SMILES string of the molecule is COc1ccc(/C=N\NC(=O)CN(Cc2ccc(F)cc2)S(=O)(=O)c2ccccc2)c(OC)c1. The lowest BCUT2D eigenvalue weighted by Crippen LogP contribution is -2.39. The second-order valence-corrected chi connectivity index (χ2v) is 9.05. The van der Waals surface area contributed by atoms with Gasteiger partial charge in [-0.1, -0.05) is 30.3 Å². The third-order valence-electron chi connectivity index (χ3n) is 4.81. The van der Waals surface area contributed by atoms with Crippen molar-refractivity contribution in [2.75, 3.05) is 20.8 Å². The molecule has 1 amide bonds. The number of hydrazone groups is 1. The van der Waals surface area contributed by atoms with Crippen LogP contribution in [0.2, 0.25) is 0 Å². The molecule has 0 aromatic heterocycles. The van der Waals surface area contributed by atoms with Gasteiger partial charge in [0, 0.05) is 18.2 Å². The predicted octanol–water partition coefficient (Wildman–Crippen LogP) is 3.18. The number of methoxy groups -OCH3 is 2. The van der Waals surface area contributed by atoms with Crippen LogP contribution in [0.3, 0.4) is 0 Å². The first-order valence-corrected chi connectivity index (χ1v) is 11.6. The van der Waals surface area contributed by atoms with Crippen molar-refractivity contribution in [1.82, 2.24) is 9.73 Å². The molecule has 0 unspecified atom stereocenters. The van der Waals surface area contributed by atoms with Gasteiger partial charge in [-0.2, -0.15) is 9.41 Å². The van der Waals surface area contributed by atoms with Crippen molar-refractivity contribution in [2.24, 2.45) is 5.10 Å². The molecule has 0 heterocycles. The molecule has 10 heteroatoms. The van der Waals surface area contributed by atoms with Crippen molar-refractivity contribution in [3.63, 3.8) is 0 Å². The van der Waals surface area contributed by atoms with Crippen molar-refractivity contribution in [3.8, 4) is 11.5 Å². The standard InChI is InChI=1S/C24H24FN3O5S/c1-32-21-13-10-19(23(14-21)33-2)15-26-27-24(29)17-28(16-18-8-11-20(25)12-9-18)34(30,31)22-6-4-3-5-7-22/h3-15H,16-17H2,1-2H3,(H,27,29)/b26-15-. The fourth-order valence-corrected chi connectivity index (χ4v) is 4.46. The van der Waals surface area contributed by atoms with Crippen molar-refractivity contribution >= 4 is 22.1 Å². The lowest BCUT2D eigenvalue weighted by molar-refractivity contribution is -0.121. The Labute approximate surface area is 197 Å². The number of carbonyl (C=O) groups is 1. The minimum absolute atomic E-state index is 0.0383. The maximum atomic E-state index is 13.3. The van der Waals surface area contributed by atoms with E-state index in [0.717, 1.165) is 4.31 Å². The zero-order valence-corrected chi connectivity index (χ0v) is 19.5. The molecule has 3 aromatic carbocycles. The van der Waals surface area contributed by atoms with Crippen molar-refractivity contribution in [3.05, 3.63) is 89.7 Å². The van der Waals surface area contributed by atoms with Crippen molar-refractivity contribution in [2.45, 2.75) is 11.4 Å². The average molecular weight is 486 g/mol. The van der Waals surface area contributed by atoms with Gasteiger partial charge in [-0.15, -0.1) is 0 Å². The quantitative estimate of drug-likeness (QED) is 0.351. The van der Waals surface area contributed by atoms with Crippen LogP contribution in [0, 0.1) is 5.82 Å². The monoisotopic (exact) mass is 485 g/mol. The Kier molecular flexibility index (Phi) is 8.34. The molecule has 0 saturated carbocycles. The fraction of sp³-hybridized carbons (Fsp3) is 0.167. The summed E-state index contributed by atoms with van der Waals surface area (Å²) in [4.78, 5) is 12.6.